The summed E-state index contributed by atoms with van der Waals surface area (Å²) in [5.74, 6) is -1.90. The molecule has 0 saturated carbocycles. The molecule has 0 radical (unpaired) electrons. The minimum absolute atomic E-state index is 0.00183. The number of nitrogens with one attached hydrogen (secondary N) is 2. The zero-order valence-corrected chi connectivity index (χ0v) is 19.1. The Balaban J connectivity index is 1.85. The van der Waals surface area contributed by atoms with E-state index < -0.39 is 44.1 Å². The van der Waals surface area contributed by atoms with Gasteiger partial charge >= 0.3 is 6.18 Å². The van der Waals surface area contributed by atoms with E-state index in [9.17, 15) is 30.8 Å². The molecule has 0 bridgehead atoms. The van der Waals surface area contributed by atoms with Crippen LogP contribution < -0.4 is 10.0 Å². The van der Waals surface area contributed by atoms with Crippen molar-refractivity contribution in [2.24, 2.45) is 0 Å². The largest absolute Gasteiger partial charge is 0.416 e. The number of hydrogen-bond donors (Lipinski definition) is 2. The molecule has 13 heteroatoms. The molecule has 0 aromatic heterocycles. The van der Waals surface area contributed by atoms with Gasteiger partial charge in [0.2, 0.25) is 0 Å². The van der Waals surface area contributed by atoms with E-state index in [1.54, 1.807) is 0 Å². The van der Waals surface area contributed by atoms with Crippen LogP contribution in [0.4, 0.5) is 28.9 Å². The molecule has 0 aliphatic rings. The molecule has 3 aromatic carbocycles. The van der Waals surface area contributed by atoms with Crippen molar-refractivity contribution >= 4 is 62.1 Å². The monoisotopic (exact) mass is 540 g/mol. The summed E-state index contributed by atoms with van der Waals surface area (Å²) < 4.78 is 80.3. The fraction of sp³-hybridized carbons (Fsp3) is 0.0500. The van der Waals surface area contributed by atoms with Gasteiger partial charge in [-0.05, 0) is 54.6 Å². The molecular formula is C20H11Cl3F4N2O3S. The fourth-order valence-electron chi connectivity index (χ4n) is 2.61. The molecule has 0 unspecified atom stereocenters. The molecule has 0 saturated heterocycles. The summed E-state index contributed by atoms with van der Waals surface area (Å²) >= 11 is 17.5. The van der Waals surface area contributed by atoms with Crippen molar-refractivity contribution in [1.29, 1.82) is 0 Å². The Morgan fingerprint density at radius 1 is 0.848 bits per heavy atom. The average molecular weight is 542 g/mol. The highest BCUT2D eigenvalue weighted by atomic mass is 35.5. The minimum atomic E-state index is -4.73. The van der Waals surface area contributed by atoms with Crippen LogP contribution in [0.5, 0.6) is 0 Å². The topological polar surface area (TPSA) is 75.3 Å². The molecule has 0 atom stereocenters. The summed E-state index contributed by atoms with van der Waals surface area (Å²) in [5.41, 5.74) is -2.03. The first-order valence-corrected chi connectivity index (χ1v) is 11.3. The molecule has 3 rings (SSSR count). The molecule has 3 aromatic rings. The third kappa shape index (κ3) is 5.89. The number of sulfonamides is 1. The predicted molar refractivity (Wildman–Crippen MR) is 118 cm³/mol. The first-order chi connectivity index (χ1) is 15.3. The van der Waals surface area contributed by atoms with Gasteiger partial charge in [-0.2, -0.15) is 13.2 Å². The number of carbonyl (C=O) groups is 1. The predicted octanol–water partition coefficient (Wildman–Crippen LogP) is 6.86. The molecule has 0 aliphatic carbocycles. The van der Waals surface area contributed by atoms with E-state index in [1.165, 1.54) is 18.2 Å². The number of benzene rings is 3. The maximum atomic E-state index is 14.5. The fourth-order valence-corrected chi connectivity index (χ4v) is 4.41. The van der Waals surface area contributed by atoms with Crippen LogP contribution in [0, 0.1) is 5.82 Å². The molecule has 1 amide bonds. The van der Waals surface area contributed by atoms with Gasteiger partial charge in [0.25, 0.3) is 15.9 Å². The van der Waals surface area contributed by atoms with Crippen molar-refractivity contribution in [1.82, 2.24) is 0 Å². The van der Waals surface area contributed by atoms with E-state index in [1.807, 2.05) is 4.72 Å². The second kappa shape index (κ2) is 9.38. The molecule has 0 spiro atoms. The van der Waals surface area contributed by atoms with Crippen LogP contribution in [-0.4, -0.2) is 14.3 Å². The smallest absolute Gasteiger partial charge is 0.319 e. The lowest BCUT2D eigenvalue weighted by Gasteiger charge is -2.14. The van der Waals surface area contributed by atoms with Gasteiger partial charge < -0.3 is 5.32 Å². The average Bonchev–Trinajstić information content (AvgIpc) is 2.70. The van der Waals surface area contributed by atoms with E-state index in [4.69, 9.17) is 34.8 Å². The van der Waals surface area contributed by atoms with Crippen LogP contribution in [0.15, 0.2) is 59.5 Å². The molecule has 2 N–H and O–H groups in total. The summed E-state index contributed by atoms with van der Waals surface area (Å²) in [5, 5.41) is 2.25. The van der Waals surface area contributed by atoms with Crippen molar-refractivity contribution in [3.63, 3.8) is 0 Å². The number of rotatable bonds is 5. The summed E-state index contributed by atoms with van der Waals surface area (Å²) in [4.78, 5) is 11.7. The van der Waals surface area contributed by atoms with Crippen LogP contribution >= 0.6 is 34.8 Å². The van der Waals surface area contributed by atoms with Gasteiger partial charge in [-0.15, -0.1) is 0 Å². The normalized spacial score (nSPS) is 11.8. The molecule has 33 heavy (non-hydrogen) atoms. The van der Waals surface area contributed by atoms with Gasteiger partial charge in [-0.25, -0.2) is 12.8 Å². The zero-order valence-electron chi connectivity index (χ0n) is 16.0. The summed E-state index contributed by atoms with van der Waals surface area (Å²) in [6.07, 6.45) is -4.73. The second-order valence-electron chi connectivity index (χ2n) is 6.52. The highest BCUT2D eigenvalue weighted by Crippen LogP contribution is 2.35. The van der Waals surface area contributed by atoms with E-state index in [0.717, 1.165) is 18.2 Å². The van der Waals surface area contributed by atoms with Gasteiger partial charge in [0, 0.05) is 5.02 Å². The SMILES string of the molecule is O=C(Nc1ccc(S(=O)(=O)Nc2cc(C(F)(F)F)ccc2Cl)cc1F)c1ccc(Cl)cc1Cl. The Bertz CT molecular complexity index is 1350. The van der Waals surface area contributed by atoms with E-state index in [-0.39, 0.29) is 26.3 Å². The van der Waals surface area contributed by atoms with E-state index in [0.29, 0.717) is 18.2 Å². The molecule has 0 fully saturated rings. The molecule has 0 aliphatic heterocycles. The van der Waals surface area contributed by atoms with Crippen molar-refractivity contribution in [2.45, 2.75) is 11.1 Å². The van der Waals surface area contributed by atoms with Gasteiger partial charge in [0.15, 0.2) is 0 Å². The Labute approximate surface area is 200 Å². The Morgan fingerprint density at radius 2 is 1.55 bits per heavy atom. The Morgan fingerprint density at radius 3 is 2.15 bits per heavy atom. The number of halogens is 7. The summed E-state index contributed by atoms with van der Waals surface area (Å²) in [6.45, 7) is 0. The number of alkyl halides is 3. The van der Waals surface area contributed by atoms with E-state index >= 15 is 0 Å². The van der Waals surface area contributed by atoms with Gasteiger partial charge in [0.1, 0.15) is 5.82 Å². The van der Waals surface area contributed by atoms with Crippen molar-refractivity contribution in [3.05, 3.63) is 86.6 Å². The van der Waals surface area contributed by atoms with Crippen molar-refractivity contribution in [3.8, 4) is 0 Å². The van der Waals surface area contributed by atoms with Gasteiger partial charge in [-0.1, -0.05) is 34.8 Å². The standard InChI is InChI=1S/C20H11Cl3F4N2O3S/c21-11-2-4-13(15(23)8-11)19(30)28-17-6-3-12(9-16(17)24)33(31,32)29-18-7-10(20(25,26)27)1-5-14(18)22/h1-9,29H,(H,28,30). The van der Waals surface area contributed by atoms with Crippen molar-refractivity contribution in [2.75, 3.05) is 10.0 Å². The lowest BCUT2D eigenvalue weighted by Crippen LogP contribution is -2.16. The highest BCUT2D eigenvalue weighted by Gasteiger charge is 2.31. The van der Waals surface area contributed by atoms with Crippen LogP contribution in [0.3, 0.4) is 0 Å². The van der Waals surface area contributed by atoms with Crippen molar-refractivity contribution < 1.29 is 30.8 Å². The van der Waals surface area contributed by atoms with E-state index in [2.05, 4.69) is 5.32 Å². The van der Waals surface area contributed by atoms with Crippen LogP contribution in [0.25, 0.3) is 0 Å². The maximum Gasteiger partial charge on any atom is 0.416 e. The third-order valence-electron chi connectivity index (χ3n) is 4.21. The summed E-state index contributed by atoms with van der Waals surface area (Å²) in [7, 11) is -4.52. The second-order valence-corrected chi connectivity index (χ2v) is 9.45. The first-order valence-electron chi connectivity index (χ1n) is 8.73. The molecular weight excluding hydrogens is 531 g/mol. The third-order valence-corrected chi connectivity index (χ3v) is 6.45. The zero-order chi connectivity index (χ0) is 24.6. The van der Waals surface area contributed by atoms with Gasteiger partial charge in [0.05, 0.1) is 37.4 Å². The Hall–Kier alpha value is -2.53. The lowest BCUT2D eigenvalue weighted by atomic mass is 10.2. The number of carbonyl (C=O) groups excluding carboxylic acids is 1. The van der Waals surface area contributed by atoms with Gasteiger partial charge in [-0.3, -0.25) is 9.52 Å². The van der Waals surface area contributed by atoms with Crippen LogP contribution in [0.2, 0.25) is 15.1 Å². The number of anilines is 2. The maximum absolute atomic E-state index is 14.5. The Kier molecular flexibility index (Phi) is 7.13. The molecule has 0 heterocycles. The molecule has 174 valence electrons. The number of amides is 1. The van der Waals surface area contributed by atoms with Crippen LogP contribution in [0.1, 0.15) is 15.9 Å². The molecule has 5 nitrogen and oxygen atoms in total. The minimum Gasteiger partial charge on any atom is -0.319 e. The number of hydrogen-bond acceptors (Lipinski definition) is 3. The highest BCUT2D eigenvalue weighted by molar-refractivity contribution is 7.92. The lowest BCUT2D eigenvalue weighted by molar-refractivity contribution is -0.137. The first kappa shape index (κ1) is 25.1. The summed E-state index contributed by atoms with van der Waals surface area (Å²) in [6, 6.07) is 8.62. The van der Waals surface area contributed by atoms with Crippen LogP contribution in [-0.2, 0) is 16.2 Å². The quantitative estimate of drug-likeness (QED) is 0.347.